The first-order valence-corrected chi connectivity index (χ1v) is 10.7. The third-order valence-corrected chi connectivity index (χ3v) is 6.34. The summed E-state index contributed by atoms with van der Waals surface area (Å²) in [6.07, 6.45) is 3.76. The molecule has 0 radical (unpaired) electrons. The Balaban J connectivity index is 1.42. The summed E-state index contributed by atoms with van der Waals surface area (Å²) in [6, 6.07) is 6.25. The monoisotopic (exact) mass is 421 g/mol. The standard InChI is InChI=1S/C24H31N5O2/c1-16-6-7-18(21-10-26-17(2)28(21)5)8-19(16)9-22(25-4)27-23(30)20-11-29(12-20)13-24(3)14-31-15-24/h6-10,20H,4,11-15H2,1-3,5H3,(H,27,30)/b22-9+. The van der Waals surface area contributed by atoms with Gasteiger partial charge in [-0.15, -0.1) is 0 Å². The highest BCUT2D eigenvalue weighted by atomic mass is 16.5. The molecule has 0 unspecified atom stereocenters. The molecule has 7 heteroatoms. The Bertz CT molecular complexity index is 1030. The number of rotatable bonds is 7. The number of benzene rings is 1. The summed E-state index contributed by atoms with van der Waals surface area (Å²) in [7, 11) is 2.00. The first-order chi connectivity index (χ1) is 14.8. The van der Waals surface area contributed by atoms with Crippen molar-refractivity contribution in [3.63, 3.8) is 0 Å². The summed E-state index contributed by atoms with van der Waals surface area (Å²) < 4.78 is 7.38. The van der Waals surface area contributed by atoms with E-state index in [4.69, 9.17) is 4.74 Å². The van der Waals surface area contributed by atoms with Crippen LogP contribution in [0.1, 0.15) is 23.9 Å². The molecule has 0 atom stereocenters. The Morgan fingerprint density at radius 3 is 2.71 bits per heavy atom. The van der Waals surface area contributed by atoms with Crippen LogP contribution in [0.5, 0.6) is 0 Å². The van der Waals surface area contributed by atoms with Crippen LogP contribution in [-0.2, 0) is 16.6 Å². The highest BCUT2D eigenvalue weighted by Crippen LogP contribution is 2.30. The molecule has 2 fully saturated rings. The number of aryl methyl sites for hydroxylation is 2. The molecular weight excluding hydrogens is 390 g/mol. The lowest BCUT2D eigenvalue weighted by Gasteiger charge is -2.47. The van der Waals surface area contributed by atoms with E-state index >= 15 is 0 Å². The molecule has 0 spiro atoms. The lowest BCUT2D eigenvalue weighted by molar-refractivity contribution is -0.140. The molecule has 1 N–H and O–H groups in total. The lowest BCUT2D eigenvalue weighted by atomic mass is 9.85. The number of aliphatic imine (C=N–C) groups is 1. The molecule has 1 amide bonds. The number of ether oxygens (including phenoxy) is 1. The Kier molecular flexibility index (Phi) is 5.81. The van der Waals surface area contributed by atoms with E-state index in [1.54, 1.807) is 0 Å². The normalized spacial score (nSPS) is 18.9. The minimum atomic E-state index is -0.0143. The third-order valence-electron chi connectivity index (χ3n) is 6.34. The van der Waals surface area contributed by atoms with Crippen molar-refractivity contribution in [3.05, 3.63) is 47.2 Å². The van der Waals surface area contributed by atoms with Gasteiger partial charge in [-0.3, -0.25) is 4.79 Å². The number of nitrogens with zero attached hydrogens (tertiary/aromatic N) is 4. The van der Waals surface area contributed by atoms with Gasteiger partial charge in [-0.05, 0) is 43.8 Å². The molecule has 7 nitrogen and oxygen atoms in total. The van der Waals surface area contributed by atoms with Gasteiger partial charge in [0.15, 0.2) is 0 Å². The molecule has 4 rings (SSSR count). The Labute approximate surface area is 183 Å². The van der Waals surface area contributed by atoms with Crippen molar-refractivity contribution in [2.24, 2.45) is 23.4 Å². The SMILES string of the molecule is C=N/C(=C\c1cc(-c2cnc(C)n2C)ccc1C)NC(=O)C1CN(CC2(C)COC2)C1. The predicted molar refractivity (Wildman–Crippen MR) is 123 cm³/mol. The number of hydrogen-bond donors (Lipinski definition) is 1. The van der Waals surface area contributed by atoms with Crippen LogP contribution >= 0.6 is 0 Å². The van der Waals surface area contributed by atoms with Crippen molar-refractivity contribution in [1.82, 2.24) is 19.8 Å². The summed E-state index contributed by atoms with van der Waals surface area (Å²) in [6.45, 7) is 14.1. The second-order valence-corrected chi connectivity index (χ2v) is 9.19. The first kappa shape index (κ1) is 21.5. The van der Waals surface area contributed by atoms with Gasteiger partial charge in [-0.2, -0.15) is 0 Å². The van der Waals surface area contributed by atoms with E-state index in [9.17, 15) is 4.79 Å². The van der Waals surface area contributed by atoms with Crippen molar-refractivity contribution in [1.29, 1.82) is 0 Å². The molecule has 2 aliphatic heterocycles. The van der Waals surface area contributed by atoms with Gasteiger partial charge in [-0.25, -0.2) is 9.98 Å². The Morgan fingerprint density at radius 1 is 1.39 bits per heavy atom. The summed E-state index contributed by atoms with van der Waals surface area (Å²) in [4.78, 5) is 23.5. The van der Waals surface area contributed by atoms with Crippen LogP contribution < -0.4 is 5.32 Å². The van der Waals surface area contributed by atoms with E-state index in [1.807, 2.05) is 33.2 Å². The number of amides is 1. The van der Waals surface area contributed by atoms with E-state index in [1.165, 1.54) is 0 Å². The largest absolute Gasteiger partial charge is 0.380 e. The van der Waals surface area contributed by atoms with Gasteiger partial charge >= 0.3 is 0 Å². The molecule has 1 aromatic heterocycles. The molecule has 31 heavy (non-hydrogen) atoms. The van der Waals surface area contributed by atoms with Crippen LogP contribution in [-0.4, -0.2) is 59.9 Å². The second-order valence-electron chi connectivity index (χ2n) is 9.19. The molecule has 0 saturated carbocycles. The molecule has 1 aromatic carbocycles. The van der Waals surface area contributed by atoms with E-state index in [2.05, 4.69) is 56.6 Å². The quantitative estimate of drug-likeness (QED) is 0.698. The third kappa shape index (κ3) is 4.48. The topological polar surface area (TPSA) is 71.8 Å². The average Bonchev–Trinajstić information content (AvgIpc) is 3.02. The Hall–Kier alpha value is -2.77. The average molecular weight is 422 g/mol. The summed E-state index contributed by atoms with van der Waals surface area (Å²) in [5, 5.41) is 2.95. The van der Waals surface area contributed by atoms with Crippen LogP contribution in [0.3, 0.4) is 0 Å². The van der Waals surface area contributed by atoms with Gasteiger partial charge in [-0.1, -0.05) is 19.1 Å². The molecular formula is C24H31N5O2. The number of carbonyl (C=O) groups is 1. The van der Waals surface area contributed by atoms with Gasteiger partial charge in [0, 0.05) is 37.7 Å². The fourth-order valence-corrected chi connectivity index (χ4v) is 4.17. The number of likely N-dealkylation sites (tertiary alicyclic amines) is 1. The zero-order valence-corrected chi connectivity index (χ0v) is 18.8. The number of imidazole rings is 1. The van der Waals surface area contributed by atoms with Gasteiger partial charge in [0.05, 0.1) is 31.0 Å². The molecule has 2 aliphatic rings. The number of carbonyl (C=O) groups excluding carboxylic acids is 1. The minimum absolute atomic E-state index is 0.000907. The van der Waals surface area contributed by atoms with Crippen LogP contribution in [0.15, 0.2) is 35.2 Å². The molecule has 164 valence electrons. The Morgan fingerprint density at radius 2 is 2.13 bits per heavy atom. The van der Waals surface area contributed by atoms with E-state index in [0.717, 1.165) is 61.1 Å². The maximum absolute atomic E-state index is 12.7. The number of hydrogen-bond acceptors (Lipinski definition) is 5. The fourth-order valence-electron chi connectivity index (χ4n) is 4.17. The van der Waals surface area contributed by atoms with Crippen molar-refractivity contribution in [3.8, 4) is 11.3 Å². The molecule has 3 heterocycles. The van der Waals surface area contributed by atoms with Crippen molar-refractivity contribution in [2.75, 3.05) is 32.8 Å². The first-order valence-electron chi connectivity index (χ1n) is 10.7. The summed E-state index contributed by atoms with van der Waals surface area (Å²) in [5.41, 5.74) is 4.45. The number of aromatic nitrogens is 2. The smallest absolute Gasteiger partial charge is 0.231 e. The molecule has 2 saturated heterocycles. The van der Waals surface area contributed by atoms with Crippen molar-refractivity contribution < 1.29 is 9.53 Å². The van der Waals surface area contributed by atoms with Gasteiger partial charge in [0.2, 0.25) is 5.91 Å². The summed E-state index contributed by atoms with van der Waals surface area (Å²) in [5.74, 6) is 1.42. The molecule has 0 bridgehead atoms. The minimum Gasteiger partial charge on any atom is -0.380 e. The van der Waals surface area contributed by atoms with Gasteiger partial charge < -0.3 is 19.5 Å². The zero-order valence-electron chi connectivity index (χ0n) is 18.8. The van der Waals surface area contributed by atoms with Crippen molar-refractivity contribution >= 4 is 18.7 Å². The zero-order chi connectivity index (χ0) is 22.2. The fraction of sp³-hybridized carbons (Fsp3) is 0.458. The molecule has 0 aliphatic carbocycles. The van der Waals surface area contributed by atoms with Crippen LogP contribution in [0, 0.1) is 25.2 Å². The van der Waals surface area contributed by atoms with Crippen LogP contribution in [0.4, 0.5) is 0 Å². The van der Waals surface area contributed by atoms with Gasteiger partial charge in [0.25, 0.3) is 0 Å². The van der Waals surface area contributed by atoms with Gasteiger partial charge in [0.1, 0.15) is 11.6 Å². The van der Waals surface area contributed by atoms with Crippen LogP contribution in [0.25, 0.3) is 17.3 Å². The highest BCUT2D eigenvalue weighted by molar-refractivity contribution is 5.83. The van der Waals surface area contributed by atoms with E-state index < -0.39 is 0 Å². The van der Waals surface area contributed by atoms with E-state index in [-0.39, 0.29) is 17.2 Å². The molecule has 2 aromatic rings. The van der Waals surface area contributed by atoms with E-state index in [0.29, 0.717) is 5.82 Å². The van der Waals surface area contributed by atoms with Crippen molar-refractivity contribution in [2.45, 2.75) is 20.8 Å². The predicted octanol–water partition coefficient (Wildman–Crippen LogP) is 2.79. The lowest BCUT2D eigenvalue weighted by Crippen LogP contribution is -2.59. The maximum atomic E-state index is 12.7. The second kappa shape index (κ2) is 8.40. The highest BCUT2D eigenvalue weighted by Gasteiger charge is 2.40. The number of nitrogens with one attached hydrogen (secondary N) is 1. The van der Waals surface area contributed by atoms with Crippen LogP contribution in [0.2, 0.25) is 0 Å². The summed E-state index contributed by atoms with van der Waals surface area (Å²) >= 11 is 0. The maximum Gasteiger partial charge on any atom is 0.231 e.